The zero-order valence-corrected chi connectivity index (χ0v) is 18.1. The standard InChI is InChI=1S/C12H13NO.C6H10N2O2S2.CH3NO/c13-12-9-3-1-2-7(9)6-8-4-5-10(14)11(8)12;1-6(2,9)5-8-3-4(11-5)12(7)10;2-1-3/h6H,1-5,13H2;3,9H,7H2,1-2H3;1H,(H2,2,3). The number of benzene rings is 1. The first-order valence-electron chi connectivity index (χ1n) is 9.06. The largest absolute Gasteiger partial charge is 0.398 e. The molecule has 2 aromatic rings. The molecule has 1 atom stereocenters. The highest BCUT2D eigenvalue weighted by Gasteiger charge is 2.27. The third kappa shape index (κ3) is 5.47. The molecule has 4 rings (SSSR count). The van der Waals surface area contributed by atoms with Crippen LogP contribution in [0, 0.1) is 0 Å². The molecule has 1 unspecified atom stereocenters. The van der Waals surface area contributed by atoms with Gasteiger partial charge in [0, 0.05) is 17.7 Å². The third-order valence-corrected chi connectivity index (χ3v) is 6.98. The molecule has 8 nitrogen and oxygen atoms in total. The summed E-state index contributed by atoms with van der Waals surface area (Å²) in [6.07, 6.45) is 6.61. The topological polar surface area (TPSA) is 162 Å². The van der Waals surface area contributed by atoms with Gasteiger partial charge in [-0.05, 0) is 56.2 Å². The van der Waals surface area contributed by atoms with Gasteiger partial charge in [0.2, 0.25) is 6.41 Å². The lowest BCUT2D eigenvalue weighted by Crippen LogP contribution is -2.14. The summed E-state index contributed by atoms with van der Waals surface area (Å²) < 4.78 is 11.2. The molecule has 0 saturated heterocycles. The molecule has 1 aromatic carbocycles. The maximum absolute atomic E-state index is 11.6. The molecule has 1 amide bonds. The normalized spacial score (nSPS) is 15.4. The van der Waals surface area contributed by atoms with E-state index in [2.05, 4.69) is 16.8 Å². The number of anilines is 1. The number of Topliss-reactive ketones (excluding diaryl/α,β-unsaturated/α-hetero) is 1. The Morgan fingerprint density at radius 1 is 1.24 bits per heavy atom. The lowest BCUT2D eigenvalue weighted by Gasteiger charge is -2.11. The first kappa shape index (κ1) is 23.1. The predicted molar refractivity (Wildman–Crippen MR) is 114 cm³/mol. The molecule has 0 saturated carbocycles. The molecule has 10 heteroatoms. The quantitative estimate of drug-likeness (QED) is 0.408. The summed E-state index contributed by atoms with van der Waals surface area (Å²) in [5.74, 6) is 0.243. The van der Waals surface area contributed by atoms with Gasteiger partial charge in [0.25, 0.3) is 0 Å². The number of nitrogens with zero attached hydrogens (tertiary/aromatic N) is 1. The number of nitrogens with two attached hydrogens (primary N) is 3. The van der Waals surface area contributed by atoms with Crippen LogP contribution in [-0.4, -0.2) is 26.5 Å². The van der Waals surface area contributed by atoms with Crippen LogP contribution < -0.4 is 16.6 Å². The first-order valence-corrected chi connectivity index (χ1v) is 11.1. The van der Waals surface area contributed by atoms with Crippen LogP contribution in [0.15, 0.2) is 16.5 Å². The number of rotatable bonds is 2. The highest BCUT2D eigenvalue weighted by Crippen LogP contribution is 2.36. The van der Waals surface area contributed by atoms with Crippen molar-refractivity contribution in [1.29, 1.82) is 0 Å². The van der Waals surface area contributed by atoms with E-state index >= 15 is 0 Å². The zero-order valence-electron chi connectivity index (χ0n) is 16.4. The number of fused-ring (bicyclic) bond motifs is 2. The van der Waals surface area contributed by atoms with Crippen molar-refractivity contribution in [1.82, 2.24) is 4.98 Å². The lowest BCUT2D eigenvalue weighted by atomic mass is 9.99. The number of nitrogen functional groups attached to an aromatic ring is 1. The summed E-state index contributed by atoms with van der Waals surface area (Å²) in [7, 11) is -1.50. The van der Waals surface area contributed by atoms with E-state index in [0.29, 0.717) is 15.6 Å². The van der Waals surface area contributed by atoms with Gasteiger partial charge in [-0.25, -0.2) is 14.3 Å². The first-order chi connectivity index (χ1) is 13.6. The molecule has 1 heterocycles. The molecule has 0 fully saturated rings. The summed E-state index contributed by atoms with van der Waals surface area (Å²) in [5, 5.41) is 15.1. The maximum Gasteiger partial charge on any atom is 0.204 e. The fourth-order valence-electron chi connectivity index (χ4n) is 3.38. The van der Waals surface area contributed by atoms with Crippen LogP contribution in [0.3, 0.4) is 0 Å². The van der Waals surface area contributed by atoms with Crippen LogP contribution in [-0.2, 0) is 40.6 Å². The Morgan fingerprint density at radius 2 is 1.90 bits per heavy atom. The van der Waals surface area contributed by atoms with Gasteiger partial charge in [0.15, 0.2) is 5.78 Å². The van der Waals surface area contributed by atoms with E-state index in [0.717, 1.165) is 41.9 Å². The smallest absolute Gasteiger partial charge is 0.204 e. The van der Waals surface area contributed by atoms with Crippen molar-refractivity contribution in [2.24, 2.45) is 10.9 Å². The van der Waals surface area contributed by atoms with Gasteiger partial charge in [-0.15, -0.1) is 11.3 Å². The minimum Gasteiger partial charge on any atom is -0.398 e. The molecule has 29 heavy (non-hydrogen) atoms. The van der Waals surface area contributed by atoms with Crippen LogP contribution >= 0.6 is 11.3 Å². The van der Waals surface area contributed by atoms with Crippen LogP contribution in [0.4, 0.5) is 5.69 Å². The Morgan fingerprint density at radius 3 is 2.41 bits per heavy atom. The third-order valence-electron chi connectivity index (χ3n) is 4.63. The average molecular weight is 439 g/mol. The van der Waals surface area contributed by atoms with E-state index in [4.69, 9.17) is 15.7 Å². The zero-order chi connectivity index (χ0) is 21.8. The number of aryl methyl sites for hydroxylation is 2. The van der Waals surface area contributed by atoms with Gasteiger partial charge in [0.1, 0.15) is 25.8 Å². The number of aliphatic hydroxyl groups is 1. The lowest BCUT2D eigenvalue weighted by molar-refractivity contribution is -0.106. The second-order valence-electron chi connectivity index (χ2n) is 7.22. The van der Waals surface area contributed by atoms with Gasteiger partial charge in [0.05, 0.1) is 6.20 Å². The van der Waals surface area contributed by atoms with E-state index in [9.17, 15) is 14.1 Å². The van der Waals surface area contributed by atoms with Crippen LogP contribution in [0.25, 0.3) is 0 Å². The van der Waals surface area contributed by atoms with E-state index in [1.807, 2.05) is 0 Å². The second kappa shape index (κ2) is 9.57. The van der Waals surface area contributed by atoms with Crippen molar-refractivity contribution >= 4 is 40.2 Å². The summed E-state index contributed by atoms with van der Waals surface area (Å²) in [6.45, 7) is 3.24. The van der Waals surface area contributed by atoms with Crippen LogP contribution in [0.5, 0.6) is 0 Å². The monoisotopic (exact) mass is 438 g/mol. The number of thiazole rings is 1. The van der Waals surface area contributed by atoms with Gasteiger partial charge in [-0.1, -0.05) is 6.07 Å². The van der Waals surface area contributed by atoms with E-state index in [1.165, 1.54) is 29.3 Å². The average Bonchev–Trinajstić information content (AvgIpc) is 3.35. The van der Waals surface area contributed by atoms with Gasteiger partial charge < -0.3 is 16.6 Å². The summed E-state index contributed by atoms with van der Waals surface area (Å²) in [6, 6.07) is 2.21. The number of primary amides is 1. The minimum atomic E-state index is -1.50. The van der Waals surface area contributed by atoms with Crippen molar-refractivity contribution in [2.75, 3.05) is 5.73 Å². The molecule has 158 valence electrons. The molecular formula is C19H26N4O4S2. The fraction of sp³-hybridized carbons (Fsp3) is 0.421. The van der Waals surface area contributed by atoms with E-state index in [-0.39, 0.29) is 12.2 Å². The number of carbonyl (C=O) groups excluding carboxylic acids is 2. The number of ketones is 1. The Hall–Kier alpha value is -2.14. The fourth-order valence-corrected chi connectivity index (χ4v) is 4.75. The van der Waals surface area contributed by atoms with Crippen molar-refractivity contribution < 1.29 is 18.9 Å². The van der Waals surface area contributed by atoms with Gasteiger partial charge in [-0.2, -0.15) is 0 Å². The van der Waals surface area contributed by atoms with Gasteiger partial charge in [-0.3, -0.25) is 9.59 Å². The number of hydrogen-bond donors (Lipinski definition) is 4. The second-order valence-corrected chi connectivity index (χ2v) is 9.54. The van der Waals surface area contributed by atoms with Crippen LogP contribution in [0.1, 0.15) is 58.7 Å². The number of aromatic nitrogens is 1. The molecule has 0 radical (unpaired) electrons. The predicted octanol–water partition coefficient (Wildman–Crippen LogP) is 1.34. The molecule has 0 bridgehead atoms. The number of carbonyl (C=O) groups is 2. The Bertz CT molecular complexity index is 935. The number of hydrogen-bond acceptors (Lipinski definition) is 7. The molecule has 0 spiro atoms. The SMILES string of the molecule is CC(C)(O)c1ncc(S(N)=O)s1.NC=O.Nc1c2c(cc3c1C(=O)CC3)CCC2. The Balaban J connectivity index is 0.000000185. The Kier molecular flexibility index (Phi) is 7.64. The van der Waals surface area contributed by atoms with Gasteiger partial charge >= 0.3 is 0 Å². The van der Waals surface area contributed by atoms with Crippen molar-refractivity contribution in [3.05, 3.63) is 39.5 Å². The van der Waals surface area contributed by atoms with Crippen molar-refractivity contribution in [2.45, 2.75) is 55.8 Å². The molecule has 2 aliphatic rings. The maximum atomic E-state index is 11.6. The van der Waals surface area contributed by atoms with E-state index in [1.54, 1.807) is 13.8 Å². The molecule has 2 aliphatic carbocycles. The Labute approximate surface area is 176 Å². The summed E-state index contributed by atoms with van der Waals surface area (Å²) >= 11 is 1.16. The number of amides is 1. The molecule has 0 aliphatic heterocycles. The highest BCUT2D eigenvalue weighted by atomic mass is 32.2. The molecular weight excluding hydrogens is 412 g/mol. The minimum absolute atomic E-state index is 0.243. The van der Waals surface area contributed by atoms with Crippen molar-refractivity contribution in [3.8, 4) is 0 Å². The molecule has 1 aromatic heterocycles. The summed E-state index contributed by atoms with van der Waals surface area (Å²) in [5.41, 5.74) is 14.7. The highest BCUT2D eigenvalue weighted by molar-refractivity contribution is 7.85. The van der Waals surface area contributed by atoms with Crippen LogP contribution in [0.2, 0.25) is 0 Å². The summed E-state index contributed by atoms with van der Waals surface area (Å²) in [4.78, 5) is 24.1. The molecule has 7 N–H and O–H groups in total. The van der Waals surface area contributed by atoms with Crippen molar-refractivity contribution in [3.63, 3.8) is 0 Å². The van der Waals surface area contributed by atoms with E-state index < -0.39 is 16.6 Å².